The monoisotopic (exact) mass is 167 g/mol. The van der Waals surface area contributed by atoms with Gasteiger partial charge < -0.3 is 15.0 Å². The number of primary amides is 1. The zero-order chi connectivity index (χ0) is 14.1. The molecule has 0 aromatic heterocycles. The zero-order valence-electron chi connectivity index (χ0n) is 12.6. The standard InChI is InChI=1S/C7H16N2O2/c1-6(11-7(8)10)5-9(2,3)4/h6H,5H2,1-4H3,(H-,8,10)/p+1/i2D3,3D3. The molecule has 0 saturated heterocycles. The normalized spacial score (nSPS) is 24.5. The second-order valence-electron chi connectivity index (χ2n) is 2.62. The van der Waals surface area contributed by atoms with E-state index < -0.39 is 30.6 Å². The van der Waals surface area contributed by atoms with Gasteiger partial charge in [-0.15, -0.1) is 0 Å². The first-order valence-corrected chi connectivity index (χ1v) is 3.13. The summed E-state index contributed by atoms with van der Waals surface area (Å²) in [5.41, 5.74) is 4.78. The van der Waals surface area contributed by atoms with Crippen LogP contribution in [0.25, 0.3) is 0 Å². The fourth-order valence-electron chi connectivity index (χ4n) is 0.750. The second-order valence-corrected chi connectivity index (χ2v) is 2.62. The van der Waals surface area contributed by atoms with E-state index in [9.17, 15) is 4.79 Å². The molecule has 0 aromatic carbocycles. The molecule has 1 atom stereocenters. The van der Waals surface area contributed by atoms with Gasteiger partial charge in [-0.05, 0) is 6.92 Å². The lowest BCUT2D eigenvalue weighted by molar-refractivity contribution is -0.873. The van der Waals surface area contributed by atoms with Crippen molar-refractivity contribution >= 4 is 6.09 Å². The predicted octanol–water partition coefficient (Wildman–Crippen LogP) is 0.176. The summed E-state index contributed by atoms with van der Waals surface area (Å²) in [5.74, 6) is 0. The second kappa shape index (κ2) is 3.57. The van der Waals surface area contributed by atoms with Gasteiger partial charge in [-0.1, -0.05) is 0 Å². The van der Waals surface area contributed by atoms with Crippen LogP contribution in [0, 0.1) is 0 Å². The first-order valence-electron chi connectivity index (χ1n) is 6.13. The molecule has 0 aliphatic heterocycles. The smallest absolute Gasteiger partial charge is 0.404 e. The Hall–Kier alpha value is -0.770. The van der Waals surface area contributed by atoms with Crippen molar-refractivity contribution in [3.8, 4) is 0 Å². The number of hydrogen-bond acceptors (Lipinski definition) is 2. The maximum Gasteiger partial charge on any atom is 0.404 e. The Bertz CT molecular complexity index is 273. The number of carbonyl (C=O) groups is 1. The molecule has 1 amide bonds. The SMILES string of the molecule is [2H]C([2H])([2H])[N+](C)(CC(C)OC(N)=O)C([2H])([2H])[2H]. The highest BCUT2D eigenvalue weighted by Crippen LogP contribution is 1.97. The summed E-state index contributed by atoms with van der Waals surface area (Å²) in [4.78, 5) is 10.5. The summed E-state index contributed by atoms with van der Waals surface area (Å²) in [6, 6.07) is 0. The number of nitrogens with zero attached hydrogens (tertiary/aromatic N) is 1. The number of hydrogen-bond donors (Lipinski definition) is 1. The van der Waals surface area contributed by atoms with Gasteiger partial charge in [-0.3, -0.25) is 0 Å². The van der Waals surface area contributed by atoms with Crippen molar-refractivity contribution in [2.45, 2.75) is 13.0 Å². The number of amides is 1. The van der Waals surface area contributed by atoms with Crippen LogP contribution < -0.4 is 5.73 Å². The van der Waals surface area contributed by atoms with Gasteiger partial charge in [-0.2, -0.15) is 0 Å². The van der Waals surface area contributed by atoms with Crippen LogP contribution in [0.2, 0.25) is 0 Å². The molecule has 4 heteroatoms. The molecule has 0 rings (SSSR count). The summed E-state index contributed by atoms with van der Waals surface area (Å²) >= 11 is 0. The third kappa shape index (κ3) is 7.12. The van der Waals surface area contributed by atoms with E-state index >= 15 is 0 Å². The molecular formula is C7H17N2O2+. The van der Waals surface area contributed by atoms with E-state index in [4.69, 9.17) is 14.0 Å². The molecule has 0 radical (unpaired) electrons. The van der Waals surface area contributed by atoms with Crippen LogP contribution in [-0.2, 0) is 4.74 Å². The van der Waals surface area contributed by atoms with Crippen LogP contribution in [0.1, 0.15) is 15.1 Å². The Labute approximate surface area is 75.9 Å². The van der Waals surface area contributed by atoms with Crippen molar-refractivity contribution in [1.82, 2.24) is 0 Å². The van der Waals surface area contributed by atoms with Crippen LogP contribution in [0.4, 0.5) is 4.79 Å². The van der Waals surface area contributed by atoms with Gasteiger partial charge in [-0.25, -0.2) is 4.79 Å². The van der Waals surface area contributed by atoms with Gasteiger partial charge in [0, 0.05) is 0 Å². The molecule has 0 saturated carbocycles. The Kier molecular flexibility index (Phi) is 1.22. The van der Waals surface area contributed by atoms with Crippen LogP contribution in [-0.4, -0.2) is 44.2 Å². The van der Waals surface area contributed by atoms with Gasteiger partial charge >= 0.3 is 6.09 Å². The van der Waals surface area contributed by atoms with E-state index in [1.807, 2.05) is 0 Å². The molecule has 66 valence electrons. The van der Waals surface area contributed by atoms with Gasteiger partial charge in [0.05, 0.1) is 29.2 Å². The number of quaternary nitrogens is 1. The third-order valence-corrected chi connectivity index (χ3v) is 0.940. The Morgan fingerprint density at radius 3 is 2.73 bits per heavy atom. The van der Waals surface area contributed by atoms with Crippen LogP contribution in [0.3, 0.4) is 0 Å². The van der Waals surface area contributed by atoms with Crippen molar-refractivity contribution in [2.75, 3.05) is 27.5 Å². The summed E-state index contributed by atoms with van der Waals surface area (Å²) in [6.45, 7) is -4.49. The first kappa shape index (κ1) is 3.76. The predicted molar refractivity (Wildman–Crippen MR) is 43.0 cm³/mol. The number of ether oxygens (including phenoxy) is 1. The van der Waals surface area contributed by atoms with E-state index in [1.54, 1.807) is 0 Å². The molecule has 0 heterocycles. The van der Waals surface area contributed by atoms with Crippen LogP contribution in [0.15, 0.2) is 0 Å². The van der Waals surface area contributed by atoms with Gasteiger partial charge in [0.25, 0.3) is 0 Å². The topological polar surface area (TPSA) is 52.3 Å². The number of carbonyl (C=O) groups excluding carboxylic acids is 1. The quantitative estimate of drug-likeness (QED) is 0.609. The first-order chi connectivity index (χ1) is 7.31. The summed E-state index contributed by atoms with van der Waals surface area (Å²) < 4.78 is 47.1. The third-order valence-electron chi connectivity index (χ3n) is 0.940. The fraction of sp³-hybridized carbons (Fsp3) is 0.857. The molecule has 0 bridgehead atoms. The molecule has 0 fully saturated rings. The maximum atomic E-state index is 10.5. The Morgan fingerprint density at radius 2 is 2.36 bits per heavy atom. The van der Waals surface area contributed by atoms with Crippen molar-refractivity contribution in [1.29, 1.82) is 0 Å². The van der Waals surface area contributed by atoms with Gasteiger partial charge in [0.2, 0.25) is 0 Å². The number of likely N-dealkylation sites (N-methyl/N-ethyl adjacent to an activating group) is 1. The fourth-order valence-corrected chi connectivity index (χ4v) is 0.750. The van der Waals surface area contributed by atoms with E-state index in [1.165, 1.54) is 6.92 Å². The molecule has 0 spiro atoms. The minimum atomic E-state index is -2.75. The van der Waals surface area contributed by atoms with Crippen molar-refractivity contribution in [3.05, 3.63) is 0 Å². The minimum Gasteiger partial charge on any atom is -0.441 e. The highest BCUT2D eigenvalue weighted by molar-refractivity contribution is 5.64. The minimum absolute atomic E-state index is 0.379. The lowest BCUT2D eigenvalue weighted by atomic mass is 10.3. The van der Waals surface area contributed by atoms with Gasteiger partial charge in [0.15, 0.2) is 0 Å². The average molecular weight is 167 g/mol. The summed E-state index contributed by atoms with van der Waals surface area (Å²) in [5, 5.41) is 0. The van der Waals surface area contributed by atoms with Gasteiger partial charge in [0.1, 0.15) is 12.6 Å². The zero-order valence-corrected chi connectivity index (χ0v) is 6.63. The van der Waals surface area contributed by atoms with Crippen molar-refractivity contribution in [3.63, 3.8) is 0 Å². The molecule has 1 unspecified atom stereocenters. The highest BCUT2D eigenvalue weighted by Gasteiger charge is 2.15. The Balaban J connectivity index is 5.05. The van der Waals surface area contributed by atoms with Crippen molar-refractivity contribution in [2.24, 2.45) is 5.73 Å². The maximum absolute atomic E-state index is 10.5. The van der Waals surface area contributed by atoms with Crippen LogP contribution in [0.5, 0.6) is 0 Å². The average Bonchev–Trinajstić information content (AvgIpc) is 1.97. The van der Waals surface area contributed by atoms with E-state index in [2.05, 4.69) is 4.74 Å². The van der Waals surface area contributed by atoms with E-state index in [-0.39, 0.29) is 6.54 Å². The molecule has 2 N–H and O–H groups in total. The largest absolute Gasteiger partial charge is 0.441 e. The highest BCUT2D eigenvalue weighted by atomic mass is 16.6. The lowest BCUT2D eigenvalue weighted by Gasteiger charge is -2.26. The number of nitrogens with two attached hydrogens (primary N) is 1. The van der Waals surface area contributed by atoms with E-state index in [0.717, 1.165) is 7.05 Å². The molecule has 0 aliphatic rings. The molecule has 0 aliphatic carbocycles. The van der Waals surface area contributed by atoms with Crippen molar-refractivity contribution < 1.29 is 22.2 Å². The van der Waals surface area contributed by atoms with Crippen LogP contribution >= 0.6 is 0 Å². The molecule has 0 aromatic rings. The summed E-state index contributed by atoms with van der Waals surface area (Å²) in [7, 11) is 1.07. The summed E-state index contributed by atoms with van der Waals surface area (Å²) in [6.07, 6.45) is -1.97. The Morgan fingerprint density at radius 1 is 1.82 bits per heavy atom. The van der Waals surface area contributed by atoms with E-state index in [0.29, 0.717) is 0 Å². The number of rotatable bonds is 3. The molecule has 11 heavy (non-hydrogen) atoms. The molecular weight excluding hydrogens is 144 g/mol. The lowest BCUT2D eigenvalue weighted by Crippen LogP contribution is -2.42. The molecule has 4 nitrogen and oxygen atoms in total.